The number of hydrogen-bond acceptors (Lipinski definition) is 4. The third kappa shape index (κ3) is 4.46. The molecule has 6 nitrogen and oxygen atoms in total. The maximum atomic E-state index is 12.3. The molecule has 27 heavy (non-hydrogen) atoms. The van der Waals surface area contributed by atoms with Crippen LogP contribution < -0.4 is 10.2 Å². The molecule has 1 aliphatic rings. The zero-order chi connectivity index (χ0) is 19.4. The summed E-state index contributed by atoms with van der Waals surface area (Å²) in [5, 5.41) is 3.03. The number of rotatable bonds is 5. The highest BCUT2D eigenvalue weighted by molar-refractivity contribution is 6.33. The first kappa shape index (κ1) is 18.9. The Balaban J connectivity index is 1.60. The zero-order valence-electron chi connectivity index (χ0n) is 14.8. The first-order valence-electron chi connectivity index (χ1n) is 8.62. The van der Waals surface area contributed by atoms with Gasteiger partial charge in [0.2, 0.25) is 5.91 Å². The first-order valence-corrected chi connectivity index (χ1v) is 9.00. The molecule has 2 aromatic rings. The molecule has 0 radical (unpaired) electrons. The van der Waals surface area contributed by atoms with Gasteiger partial charge < -0.3 is 15.0 Å². The van der Waals surface area contributed by atoms with E-state index in [9.17, 15) is 14.4 Å². The smallest absolute Gasteiger partial charge is 0.338 e. The number of anilines is 2. The van der Waals surface area contributed by atoms with Gasteiger partial charge in [-0.15, -0.1) is 0 Å². The highest BCUT2D eigenvalue weighted by Crippen LogP contribution is 2.23. The molecule has 1 aliphatic heterocycles. The Morgan fingerprint density at radius 3 is 2.48 bits per heavy atom. The Kier molecular flexibility index (Phi) is 5.76. The first-order chi connectivity index (χ1) is 13.0. The standard InChI is InChI=1S/C20H19ClN2O4/c1-13(19(25)22-17-6-3-2-5-16(17)21)27-20(26)14-8-10-15(11-9-14)23-12-4-7-18(23)24/h2-3,5-6,8-11,13H,4,7,12H2,1H3,(H,22,25)/t13-/m0/s1. The van der Waals surface area contributed by atoms with Crippen molar-refractivity contribution in [3.05, 3.63) is 59.1 Å². The average molecular weight is 387 g/mol. The average Bonchev–Trinajstić information content (AvgIpc) is 3.09. The highest BCUT2D eigenvalue weighted by Gasteiger charge is 2.23. The number of nitrogens with one attached hydrogen (secondary N) is 1. The number of ether oxygens (including phenoxy) is 1. The van der Waals surface area contributed by atoms with E-state index in [1.165, 1.54) is 6.92 Å². The second-order valence-corrected chi connectivity index (χ2v) is 6.62. The second kappa shape index (κ2) is 8.22. The van der Waals surface area contributed by atoms with Crippen LogP contribution in [0.4, 0.5) is 11.4 Å². The van der Waals surface area contributed by atoms with Gasteiger partial charge >= 0.3 is 5.97 Å². The summed E-state index contributed by atoms with van der Waals surface area (Å²) in [6.07, 6.45) is 0.385. The fraction of sp³-hybridized carbons (Fsp3) is 0.250. The van der Waals surface area contributed by atoms with Crippen LogP contribution in [0.5, 0.6) is 0 Å². The molecule has 2 amide bonds. The summed E-state index contributed by atoms with van der Waals surface area (Å²) < 4.78 is 5.22. The number of para-hydroxylation sites is 1. The highest BCUT2D eigenvalue weighted by atomic mass is 35.5. The molecule has 0 bridgehead atoms. The van der Waals surface area contributed by atoms with Gasteiger partial charge in [0.05, 0.1) is 16.3 Å². The second-order valence-electron chi connectivity index (χ2n) is 6.21. The van der Waals surface area contributed by atoms with Crippen molar-refractivity contribution in [2.75, 3.05) is 16.8 Å². The Hall–Kier alpha value is -2.86. The fourth-order valence-corrected chi connectivity index (χ4v) is 2.96. The number of amides is 2. The van der Waals surface area contributed by atoms with E-state index in [-0.39, 0.29) is 5.91 Å². The Labute approximate surface area is 162 Å². The van der Waals surface area contributed by atoms with Crippen LogP contribution in [-0.2, 0) is 14.3 Å². The van der Waals surface area contributed by atoms with Crippen molar-refractivity contribution in [1.82, 2.24) is 0 Å². The van der Waals surface area contributed by atoms with Crippen molar-refractivity contribution in [1.29, 1.82) is 0 Å². The number of nitrogens with zero attached hydrogens (tertiary/aromatic N) is 1. The molecule has 1 fully saturated rings. The Morgan fingerprint density at radius 2 is 1.85 bits per heavy atom. The van der Waals surface area contributed by atoms with Gasteiger partial charge in [-0.25, -0.2) is 4.79 Å². The minimum Gasteiger partial charge on any atom is -0.449 e. The lowest BCUT2D eigenvalue weighted by molar-refractivity contribution is -0.123. The molecular weight excluding hydrogens is 368 g/mol. The van der Waals surface area contributed by atoms with Gasteiger partial charge in [-0.05, 0) is 49.7 Å². The van der Waals surface area contributed by atoms with Crippen molar-refractivity contribution >= 4 is 40.8 Å². The summed E-state index contributed by atoms with van der Waals surface area (Å²) in [4.78, 5) is 37.9. The van der Waals surface area contributed by atoms with Gasteiger partial charge in [0.25, 0.3) is 5.91 Å². The van der Waals surface area contributed by atoms with Crippen LogP contribution in [0, 0.1) is 0 Å². The van der Waals surface area contributed by atoms with Gasteiger partial charge in [-0.2, -0.15) is 0 Å². The number of halogens is 1. The molecule has 7 heteroatoms. The van der Waals surface area contributed by atoms with Crippen LogP contribution in [-0.4, -0.2) is 30.4 Å². The van der Waals surface area contributed by atoms with Crippen molar-refractivity contribution < 1.29 is 19.1 Å². The molecule has 0 aliphatic carbocycles. The van der Waals surface area contributed by atoms with E-state index >= 15 is 0 Å². The molecule has 0 unspecified atom stereocenters. The SMILES string of the molecule is C[C@H](OC(=O)c1ccc(N2CCCC2=O)cc1)C(=O)Nc1ccccc1Cl. The largest absolute Gasteiger partial charge is 0.449 e. The number of benzene rings is 2. The van der Waals surface area contributed by atoms with Gasteiger partial charge in [-0.1, -0.05) is 23.7 Å². The predicted octanol–water partition coefficient (Wildman–Crippen LogP) is 3.65. The molecule has 2 aromatic carbocycles. The number of carbonyl (C=O) groups excluding carboxylic acids is 3. The van der Waals surface area contributed by atoms with Crippen LogP contribution in [0.3, 0.4) is 0 Å². The van der Waals surface area contributed by atoms with Gasteiger partial charge in [-0.3, -0.25) is 9.59 Å². The molecule has 0 aromatic heterocycles. The van der Waals surface area contributed by atoms with E-state index in [1.54, 1.807) is 53.4 Å². The topological polar surface area (TPSA) is 75.7 Å². The van der Waals surface area contributed by atoms with Crippen molar-refractivity contribution in [2.24, 2.45) is 0 Å². The van der Waals surface area contributed by atoms with Crippen LogP contribution in [0.15, 0.2) is 48.5 Å². The molecule has 0 saturated carbocycles. The quantitative estimate of drug-likeness (QED) is 0.796. The lowest BCUT2D eigenvalue weighted by atomic mass is 10.2. The maximum Gasteiger partial charge on any atom is 0.338 e. The van der Waals surface area contributed by atoms with E-state index < -0.39 is 18.0 Å². The predicted molar refractivity (Wildman–Crippen MR) is 103 cm³/mol. The summed E-state index contributed by atoms with van der Waals surface area (Å²) in [5.74, 6) is -1.01. The molecule has 1 atom stereocenters. The number of hydrogen-bond donors (Lipinski definition) is 1. The van der Waals surface area contributed by atoms with Crippen LogP contribution in [0.1, 0.15) is 30.1 Å². The molecule has 1 N–H and O–H groups in total. The van der Waals surface area contributed by atoms with Crippen molar-refractivity contribution in [2.45, 2.75) is 25.9 Å². The summed E-state index contributed by atoms with van der Waals surface area (Å²) in [6, 6.07) is 13.4. The molecular formula is C20H19ClN2O4. The van der Waals surface area contributed by atoms with E-state index in [1.807, 2.05) is 0 Å². The molecule has 1 heterocycles. The van der Waals surface area contributed by atoms with E-state index in [0.29, 0.717) is 29.2 Å². The van der Waals surface area contributed by atoms with E-state index in [4.69, 9.17) is 16.3 Å². The number of carbonyl (C=O) groups is 3. The minimum atomic E-state index is -0.992. The van der Waals surface area contributed by atoms with E-state index in [2.05, 4.69) is 5.32 Å². The zero-order valence-corrected chi connectivity index (χ0v) is 15.5. The lowest BCUT2D eigenvalue weighted by Crippen LogP contribution is -2.30. The fourth-order valence-electron chi connectivity index (χ4n) is 2.78. The normalized spacial score (nSPS) is 14.7. The third-order valence-corrected chi connectivity index (χ3v) is 4.60. The molecule has 1 saturated heterocycles. The van der Waals surface area contributed by atoms with Gasteiger partial charge in [0, 0.05) is 18.7 Å². The van der Waals surface area contributed by atoms with Crippen molar-refractivity contribution in [3.8, 4) is 0 Å². The molecule has 140 valence electrons. The van der Waals surface area contributed by atoms with Crippen LogP contribution >= 0.6 is 11.6 Å². The molecule has 0 spiro atoms. The summed E-state index contributed by atoms with van der Waals surface area (Å²) in [7, 11) is 0. The summed E-state index contributed by atoms with van der Waals surface area (Å²) in [6.45, 7) is 2.17. The Morgan fingerprint density at radius 1 is 1.15 bits per heavy atom. The number of esters is 1. The molecule has 3 rings (SSSR count). The van der Waals surface area contributed by atoms with Crippen LogP contribution in [0.2, 0.25) is 5.02 Å². The minimum absolute atomic E-state index is 0.0789. The summed E-state index contributed by atoms with van der Waals surface area (Å²) >= 11 is 6.00. The maximum absolute atomic E-state index is 12.3. The van der Waals surface area contributed by atoms with Gasteiger partial charge in [0.15, 0.2) is 6.10 Å². The monoisotopic (exact) mass is 386 g/mol. The summed E-state index contributed by atoms with van der Waals surface area (Å²) in [5.41, 5.74) is 1.51. The van der Waals surface area contributed by atoms with Crippen LogP contribution in [0.25, 0.3) is 0 Å². The third-order valence-electron chi connectivity index (χ3n) is 4.27. The van der Waals surface area contributed by atoms with Gasteiger partial charge in [0.1, 0.15) is 0 Å². The van der Waals surface area contributed by atoms with Crippen molar-refractivity contribution in [3.63, 3.8) is 0 Å². The Bertz CT molecular complexity index is 867. The lowest BCUT2D eigenvalue weighted by Gasteiger charge is -2.16. The van der Waals surface area contributed by atoms with E-state index in [0.717, 1.165) is 12.1 Å².